The van der Waals surface area contributed by atoms with Gasteiger partial charge in [-0.05, 0) is 18.2 Å². The minimum atomic E-state index is -0.481. The average molecular weight is 260 g/mol. The van der Waals surface area contributed by atoms with Crippen LogP contribution in [0.3, 0.4) is 0 Å². The second-order valence-electron chi connectivity index (χ2n) is 3.30. The summed E-state index contributed by atoms with van der Waals surface area (Å²) in [7, 11) is 1.69. The number of nitrogens with zero attached hydrogens (tertiary/aromatic N) is 2. The van der Waals surface area contributed by atoms with Gasteiger partial charge in [0.1, 0.15) is 16.7 Å². The van der Waals surface area contributed by atoms with Gasteiger partial charge in [0.15, 0.2) is 0 Å². The maximum absolute atomic E-state index is 13.0. The molecule has 2 rings (SSSR count). The standard InChI is InChI=1S/C10H8Cl2FN3/c1-16-9(12)8(15-10(16)14)5-2-3-7(13)6(11)4-5/h2-4H,1H3,(H2,14,15). The normalized spacial score (nSPS) is 10.8. The van der Waals surface area contributed by atoms with E-state index in [9.17, 15) is 4.39 Å². The van der Waals surface area contributed by atoms with Crippen LogP contribution in [-0.2, 0) is 7.05 Å². The van der Waals surface area contributed by atoms with Gasteiger partial charge in [-0.25, -0.2) is 9.37 Å². The third kappa shape index (κ3) is 1.74. The Morgan fingerprint density at radius 2 is 2.06 bits per heavy atom. The van der Waals surface area contributed by atoms with Crippen molar-refractivity contribution in [1.82, 2.24) is 9.55 Å². The van der Waals surface area contributed by atoms with Gasteiger partial charge in [0, 0.05) is 12.6 Å². The van der Waals surface area contributed by atoms with Crippen molar-refractivity contribution < 1.29 is 4.39 Å². The lowest BCUT2D eigenvalue weighted by Gasteiger charge is -2.00. The summed E-state index contributed by atoms with van der Waals surface area (Å²) in [4.78, 5) is 4.08. The minimum Gasteiger partial charge on any atom is -0.369 e. The van der Waals surface area contributed by atoms with E-state index in [0.29, 0.717) is 22.4 Å². The van der Waals surface area contributed by atoms with Gasteiger partial charge in [-0.1, -0.05) is 23.2 Å². The first-order valence-electron chi connectivity index (χ1n) is 4.44. The fourth-order valence-corrected chi connectivity index (χ4v) is 1.74. The number of imidazole rings is 1. The third-order valence-corrected chi connectivity index (χ3v) is 2.98. The Morgan fingerprint density at radius 3 is 2.56 bits per heavy atom. The van der Waals surface area contributed by atoms with Crippen molar-refractivity contribution in [3.8, 4) is 11.3 Å². The Balaban J connectivity index is 2.59. The van der Waals surface area contributed by atoms with Crippen molar-refractivity contribution in [3.63, 3.8) is 0 Å². The number of nitrogens with two attached hydrogens (primary N) is 1. The Labute approximate surface area is 102 Å². The van der Waals surface area contributed by atoms with E-state index in [0.717, 1.165) is 0 Å². The number of hydrogen-bond acceptors (Lipinski definition) is 2. The summed E-state index contributed by atoms with van der Waals surface area (Å²) in [5.41, 5.74) is 6.72. The van der Waals surface area contributed by atoms with Gasteiger partial charge in [0.25, 0.3) is 0 Å². The highest BCUT2D eigenvalue weighted by Crippen LogP contribution is 2.30. The maximum atomic E-state index is 13.0. The molecule has 0 fully saturated rings. The number of hydrogen-bond donors (Lipinski definition) is 1. The molecular weight excluding hydrogens is 252 g/mol. The lowest BCUT2D eigenvalue weighted by molar-refractivity contribution is 0.628. The van der Waals surface area contributed by atoms with E-state index < -0.39 is 5.82 Å². The lowest BCUT2D eigenvalue weighted by Crippen LogP contribution is -1.96. The third-order valence-electron chi connectivity index (χ3n) is 2.25. The molecule has 0 spiro atoms. The molecule has 16 heavy (non-hydrogen) atoms. The van der Waals surface area contributed by atoms with Crippen molar-refractivity contribution in [2.45, 2.75) is 0 Å². The zero-order chi connectivity index (χ0) is 11.9. The number of halogens is 3. The lowest BCUT2D eigenvalue weighted by atomic mass is 10.2. The monoisotopic (exact) mass is 259 g/mol. The fourth-order valence-electron chi connectivity index (χ4n) is 1.32. The molecule has 0 saturated carbocycles. The van der Waals surface area contributed by atoms with Crippen LogP contribution in [-0.4, -0.2) is 9.55 Å². The molecule has 1 aromatic heterocycles. The van der Waals surface area contributed by atoms with Crippen molar-refractivity contribution in [3.05, 3.63) is 34.2 Å². The molecule has 0 aliphatic carbocycles. The Morgan fingerprint density at radius 1 is 1.38 bits per heavy atom. The number of nitrogen functional groups attached to an aromatic ring is 1. The highest BCUT2D eigenvalue weighted by atomic mass is 35.5. The van der Waals surface area contributed by atoms with Crippen molar-refractivity contribution in [1.29, 1.82) is 0 Å². The molecule has 1 heterocycles. The van der Waals surface area contributed by atoms with Crippen LogP contribution in [0.15, 0.2) is 18.2 Å². The maximum Gasteiger partial charge on any atom is 0.201 e. The molecule has 0 amide bonds. The molecule has 0 radical (unpaired) electrons. The molecule has 84 valence electrons. The topological polar surface area (TPSA) is 43.8 Å². The molecule has 6 heteroatoms. The summed E-state index contributed by atoms with van der Waals surface area (Å²) in [6.07, 6.45) is 0. The van der Waals surface area contributed by atoms with E-state index in [1.165, 1.54) is 16.7 Å². The van der Waals surface area contributed by atoms with Crippen LogP contribution in [0.4, 0.5) is 10.3 Å². The molecule has 0 saturated heterocycles. The van der Waals surface area contributed by atoms with Crippen LogP contribution < -0.4 is 5.73 Å². The van der Waals surface area contributed by atoms with Crippen LogP contribution in [0.2, 0.25) is 10.2 Å². The van der Waals surface area contributed by atoms with Gasteiger partial charge in [0.2, 0.25) is 5.95 Å². The second kappa shape index (κ2) is 3.96. The largest absolute Gasteiger partial charge is 0.369 e. The van der Waals surface area contributed by atoms with Crippen LogP contribution in [0.5, 0.6) is 0 Å². The van der Waals surface area contributed by atoms with Crippen LogP contribution in [0, 0.1) is 5.82 Å². The van der Waals surface area contributed by atoms with Gasteiger partial charge >= 0.3 is 0 Å². The molecular formula is C10H8Cl2FN3. The van der Waals surface area contributed by atoms with Crippen LogP contribution >= 0.6 is 23.2 Å². The van der Waals surface area contributed by atoms with Gasteiger partial charge in [0.05, 0.1) is 5.02 Å². The molecule has 2 N–H and O–H groups in total. The Hall–Kier alpha value is -1.26. The smallest absolute Gasteiger partial charge is 0.201 e. The Kier molecular flexibility index (Phi) is 2.78. The van der Waals surface area contributed by atoms with E-state index >= 15 is 0 Å². The molecule has 0 atom stereocenters. The number of benzene rings is 1. The molecule has 2 aromatic rings. The van der Waals surface area contributed by atoms with E-state index in [1.54, 1.807) is 13.1 Å². The summed E-state index contributed by atoms with van der Waals surface area (Å²) in [6, 6.07) is 4.28. The number of anilines is 1. The van der Waals surface area contributed by atoms with Gasteiger partial charge in [-0.2, -0.15) is 0 Å². The van der Waals surface area contributed by atoms with Gasteiger partial charge < -0.3 is 10.3 Å². The molecule has 0 unspecified atom stereocenters. The quantitative estimate of drug-likeness (QED) is 0.856. The first kappa shape index (κ1) is 11.2. The van der Waals surface area contributed by atoms with E-state index in [2.05, 4.69) is 4.98 Å². The molecule has 1 aromatic carbocycles. The highest BCUT2D eigenvalue weighted by molar-refractivity contribution is 6.33. The first-order valence-corrected chi connectivity index (χ1v) is 5.19. The molecule has 3 nitrogen and oxygen atoms in total. The fraction of sp³-hybridized carbons (Fsp3) is 0.100. The minimum absolute atomic E-state index is 0.0257. The predicted octanol–water partition coefficient (Wildman–Crippen LogP) is 3.12. The zero-order valence-electron chi connectivity index (χ0n) is 8.34. The molecule has 0 aliphatic rings. The van der Waals surface area contributed by atoms with Crippen LogP contribution in [0.25, 0.3) is 11.3 Å². The summed E-state index contributed by atoms with van der Waals surface area (Å²) >= 11 is 11.7. The number of rotatable bonds is 1. The van der Waals surface area contributed by atoms with Crippen molar-refractivity contribution >= 4 is 29.2 Å². The molecule has 0 bridgehead atoms. The first-order chi connectivity index (χ1) is 7.50. The van der Waals surface area contributed by atoms with Gasteiger partial charge in [-0.3, -0.25) is 0 Å². The summed E-state index contributed by atoms with van der Waals surface area (Å²) in [5, 5.41) is 0.415. The molecule has 0 aliphatic heterocycles. The SMILES string of the molecule is Cn1c(N)nc(-c2ccc(F)c(Cl)c2)c1Cl. The summed E-state index contributed by atoms with van der Waals surface area (Å²) < 4.78 is 14.5. The van der Waals surface area contributed by atoms with E-state index in [-0.39, 0.29) is 5.02 Å². The van der Waals surface area contributed by atoms with Crippen LogP contribution in [0.1, 0.15) is 0 Å². The average Bonchev–Trinajstić information content (AvgIpc) is 2.50. The summed E-state index contributed by atoms with van der Waals surface area (Å²) in [6.45, 7) is 0. The zero-order valence-corrected chi connectivity index (χ0v) is 9.85. The van der Waals surface area contributed by atoms with Crippen molar-refractivity contribution in [2.24, 2.45) is 7.05 Å². The van der Waals surface area contributed by atoms with Gasteiger partial charge in [-0.15, -0.1) is 0 Å². The van der Waals surface area contributed by atoms with E-state index in [1.807, 2.05) is 0 Å². The number of aromatic nitrogens is 2. The Bertz CT molecular complexity index is 551. The van der Waals surface area contributed by atoms with E-state index in [4.69, 9.17) is 28.9 Å². The highest BCUT2D eigenvalue weighted by Gasteiger charge is 2.13. The summed E-state index contributed by atoms with van der Waals surface area (Å²) in [5.74, 6) is -0.189. The van der Waals surface area contributed by atoms with Crippen molar-refractivity contribution in [2.75, 3.05) is 5.73 Å². The second-order valence-corrected chi connectivity index (χ2v) is 4.06. The predicted molar refractivity (Wildman–Crippen MR) is 63.0 cm³/mol.